The molecular formula is C20H38N6O3. The number of hydrogen-bond acceptors (Lipinski definition) is 7. The molecule has 1 aliphatic carbocycles. The lowest BCUT2D eigenvalue weighted by Crippen LogP contribution is -2.50. The molecule has 166 valence electrons. The van der Waals surface area contributed by atoms with E-state index in [1.807, 2.05) is 6.92 Å². The summed E-state index contributed by atoms with van der Waals surface area (Å²) in [5, 5.41) is 9.96. The molecule has 0 aromatic rings. The summed E-state index contributed by atoms with van der Waals surface area (Å²) >= 11 is 0. The van der Waals surface area contributed by atoms with Crippen LogP contribution in [0.5, 0.6) is 0 Å². The maximum atomic E-state index is 12.4. The second-order valence-electron chi connectivity index (χ2n) is 8.24. The fraction of sp³-hybridized carbons (Fsp3) is 0.850. The number of hydrazine groups is 1. The second-order valence-corrected chi connectivity index (χ2v) is 8.24. The van der Waals surface area contributed by atoms with Crippen LogP contribution in [-0.2, 0) is 14.3 Å². The van der Waals surface area contributed by atoms with Crippen LogP contribution in [0.3, 0.4) is 0 Å². The molecule has 4 atom stereocenters. The quantitative estimate of drug-likeness (QED) is 0.0844. The number of carbonyl (C=O) groups is 2. The highest BCUT2D eigenvalue weighted by Crippen LogP contribution is 2.40. The number of hydrogen-bond donors (Lipinski definition) is 5. The van der Waals surface area contributed by atoms with Crippen LogP contribution in [0.4, 0.5) is 0 Å². The van der Waals surface area contributed by atoms with Crippen LogP contribution >= 0.6 is 0 Å². The number of nitrogens with one attached hydrogen (secondary N) is 3. The van der Waals surface area contributed by atoms with Gasteiger partial charge in [0.25, 0.3) is 0 Å². The molecule has 4 unspecified atom stereocenters. The van der Waals surface area contributed by atoms with Gasteiger partial charge in [-0.05, 0) is 69.7 Å². The number of rotatable bonds is 11. The zero-order valence-electron chi connectivity index (χ0n) is 17.6. The standard InChI is InChI=1S/C20H38N6O3/c1-2-23-19(27)5-3-4-10-29-20(28)17-12-16-11-14(6-8-15(16)13-24-17)7-9-18(21)25-26-22/h14-17,24,26H,2-13,22H2,1H3,(H2,21,25)(H,23,27). The number of amidine groups is 1. The minimum absolute atomic E-state index is 0.0537. The Morgan fingerprint density at radius 3 is 2.76 bits per heavy atom. The van der Waals surface area contributed by atoms with E-state index >= 15 is 0 Å². The Balaban J connectivity index is 1.67. The molecule has 0 bridgehead atoms. The lowest BCUT2D eigenvalue weighted by atomic mass is 9.69. The number of ether oxygens (including phenoxy) is 1. The van der Waals surface area contributed by atoms with Crippen molar-refractivity contribution in [1.29, 1.82) is 0 Å². The van der Waals surface area contributed by atoms with E-state index in [1.54, 1.807) is 0 Å². The molecule has 0 radical (unpaired) electrons. The van der Waals surface area contributed by atoms with Crippen molar-refractivity contribution in [2.24, 2.45) is 34.4 Å². The van der Waals surface area contributed by atoms with Crippen LogP contribution in [-0.4, -0.2) is 43.5 Å². The lowest BCUT2D eigenvalue weighted by Gasteiger charge is -2.42. The Morgan fingerprint density at radius 2 is 2.00 bits per heavy atom. The van der Waals surface area contributed by atoms with Crippen LogP contribution < -0.4 is 27.7 Å². The predicted molar refractivity (Wildman–Crippen MR) is 112 cm³/mol. The van der Waals surface area contributed by atoms with E-state index in [2.05, 4.69) is 21.3 Å². The first-order valence-corrected chi connectivity index (χ1v) is 11.0. The number of amides is 1. The number of hydrazone groups is 1. The Labute approximate surface area is 173 Å². The van der Waals surface area contributed by atoms with Crippen molar-refractivity contribution in [3.8, 4) is 0 Å². The fourth-order valence-corrected chi connectivity index (χ4v) is 4.54. The average molecular weight is 411 g/mol. The number of unbranched alkanes of at least 4 members (excludes halogenated alkanes) is 1. The summed E-state index contributed by atoms with van der Waals surface area (Å²) < 4.78 is 5.45. The molecule has 1 aliphatic heterocycles. The van der Waals surface area contributed by atoms with Gasteiger partial charge in [0.1, 0.15) is 11.9 Å². The van der Waals surface area contributed by atoms with Gasteiger partial charge in [0.15, 0.2) is 0 Å². The Bertz CT molecular complexity index is 556. The van der Waals surface area contributed by atoms with Crippen LogP contribution in [0, 0.1) is 17.8 Å². The zero-order valence-corrected chi connectivity index (χ0v) is 17.6. The van der Waals surface area contributed by atoms with Crippen molar-refractivity contribution >= 4 is 17.7 Å². The SMILES string of the molecule is CCNC(=O)CCCCOC(=O)C1CC2CC(CC/C(N)=N/NN)CCC2CN1. The van der Waals surface area contributed by atoms with Gasteiger partial charge in [-0.15, -0.1) is 0 Å². The molecule has 9 heteroatoms. The Hall–Kier alpha value is -1.87. The van der Waals surface area contributed by atoms with E-state index in [0.29, 0.717) is 49.6 Å². The second kappa shape index (κ2) is 12.6. The smallest absolute Gasteiger partial charge is 0.323 e. The van der Waals surface area contributed by atoms with Crippen molar-refractivity contribution in [2.45, 2.75) is 70.8 Å². The molecule has 0 spiro atoms. The van der Waals surface area contributed by atoms with Crippen LogP contribution in [0.1, 0.15) is 64.7 Å². The largest absolute Gasteiger partial charge is 0.465 e. The van der Waals surface area contributed by atoms with Crippen molar-refractivity contribution in [1.82, 2.24) is 16.2 Å². The molecule has 9 nitrogen and oxygen atoms in total. The summed E-state index contributed by atoms with van der Waals surface area (Å²) in [5.41, 5.74) is 8.05. The highest BCUT2D eigenvalue weighted by molar-refractivity contribution is 5.80. The first-order chi connectivity index (χ1) is 14.0. The van der Waals surface area contributed by atoms with Gasteiger partial charge in [-0.2, -0.15) is 5.10 Å². The summed E-state index contributed by atoms with van der Waals surface area (Å²) in [6.07, 6.45) is 8.04. The number of carbonyl (C=O) groups excluding carboxylic acids is 2. The molecule has 0 aromatic heterocycles. The zero-order chi connectivity index (χ0) is 21.1. The molecule has 7 N–H and O–H groups in total. The highest BCUT2D eigenvalue weighted by Gasteiger charge is 2.38. The van der Waals surface area contributed by atoms with Gasteiger partial charge in [-0.3, -0.25) is 9.59 Å². The lowest BCUT2D eigenvalue weighted by molar-refractivity contribution is -0.148. The molecule has 2 fully saturated rings. The number of esters is 1. The highest BCUT2D eigenvalue weighted by atomic mass is 16.5. The molecule has 29 heavy (non-hydrogen) atoms. The summed E-state index contributed by atoms with van der Waals surface area (Å²) in [4.78, 5) is 23.8. The number of nitrogens with zero attached hydrogens (tertiary/aromatic N) is 1. The fourth-order valence-electron chi connectivity index (χ4n) is 4.54. The molecule has 2 rings (SSSR count). The number of nitrogens with two attached hydrogens (primary N) is 2. The van der Waals surface area contributed by atoms with Gasteiger partial charge in [0.05, 0.1) is 6.61 Å². The summed E-state index contributed by atoms with van der Waals surface area (Å²) in [5.74, 6) is 7.40. The third kappa shape index (κ3) is 8.18. The van der Waals surface area contributed by atoms with Crippen LogP contribution in [0.25, 0.3) is 0 Å². The van der Waals surface area contributed by atoms with Crippen molar-refractivity contribution in [3.63, 3.8) is 0 Å². The van der Waals surface area contributed by atoms with Gasteiger partial charge >= 0.3 is 5.97 Å². The monoisotopic (exact) mass is 410 g/mol. The minimum Gasteiger partial charge on any atom is -0.465 e. The number of piperidine rings is 1. The summed E-state index contributed by atoms with van der Waals surface area (Å²) in [6.45, 7) is 3.81. The van der Waals surface area contributed by atoms with Gasteiger partial charge in [0.2, 0.25) is 5.91 Å². The molecule has 1 saturated carbocycles. The molecule has 1 heterocycles. The van der Waals surface area contributed by atoms with Crippen LogP contribution in [0.2, 0.25) is 0 Å². The molecule has 1 saturated heterocycles. The van der Waals surface area contributed by atoms with E-state index in [9.17, 15) is 9.59 Å². The van der Waals surface area contributed by atoms with Gasteiger partial charge in [-0.25, -0.2) is 11.4 Å². The van der Waals surface area contributed by atoms with E-state index in [0.717, 1.165) is 38.6 Å². The third-order valence-corrected chi connectivity index (χ3v) is 6.13. The third-order valence-electron chi connectivity index (χ3n) is 6.13. The minimum atomic E-state index is -0.216. The Kier molecular flexibility index (Phi) is 10.2. The van der Waals surface area contributed by atoms with E-state index in [-0.39, 0.29) is 17.9 Å². The van der Waals surface area contributed by atoms with Crippen molar-refractivity contribution in [2.75, 3.05) is 19.7 Å². The molecule has 0 aromatic carbocycles. The van der Waals surface area contributed by atoms with Gasteiger partial charge in [-0.1, -0.05) is 6.42 Å². The van der Waals surface area contributed by atoms with Gasteiger partial charge < -0.3 is 21.1 Å². The molecule has 2 aliphatic rings. The average Bonchev–Trinajstić information content (AvgIpc) is 2.71. The normalized spacial score (nSPS) is 27.0. The maximum Gasteiger partial charge on any atom is 0.323 e. The number of fused-ring (bicyclic) bond motifs is 1. The molecule has 1 amide bonds. The van der Waals surface area contributed by atoms with E-state index in [1.165, 1.54) is 12.8 Å². The van der Waals surface area contributed by atoms with Gasteiger partial charge in [0, 0.05) is 19.4 Å². The maximum absolute atomic E-state index is 12.4. The topological polar surface area (TPSA) is 144 Å². The van der Waals surface area contributed by atoms with Crippen molar-refractivity contribution in [3.05, 3.63) is 0 Å². The first kappa shape index (κ1) is 23.4. The van der Waals surface area contributed by atoms with Crippen molar-refractivity contribution < 1.29 is 14.3 Å². The summed E-state index contributed by atoms with van der Waals surface area (Å²) in [7, 11) is 0. The summed E-state index contributed by atoms with van der Waals surface area (Å²) in [6, 6.07) is -0.216. The van der Waals surface area contributed by atoms with Crippen LogP contribution in [0.15, 0.2) is 5.10 Å². The predicted octanol–water partition coefficient (Wildman–Crippen LogP) is 0.746. The first-order valence-electron chi connectivity index (χ1n) is 11.0. The molecular weight excluding hydrogens is 372 g/mol. The Morgan fingerprint density at radius 1 is 1.17 bits per heavy atom. The van der Waals surface area contributed by atoms with E-state index < -0.39 is 0 Å². The van der Waals surface area contributed by atoms with E-state index in [4.69, 9.17) is 16.3 Å².